The van der Waals surface area contributed by atoms with Crippen molar-refractivity contribution in [3.05, 3.63) is 36.7 Å². The van der Waals surface area contributed by atoms with Crippen LogP contribution < -0.4 is 10.1 Å². The molecule has 0 saturated heterocycles. The van der Waals surface area contributed by atoms with Gasteiger partial charge in [0.1, 0.15) is 5.75 Å². The van der Waals surface area contributed by atoms with Crippen molar-refractivity contribution in [2.24, 2.45) is 0 Å². The van der Waals surface area contributed by atoms with E-state index in [-0.39, 0.29) is 0 Å². The number of imidazole rings is 1. The summed E-state index contributed by atoms with van der Waals surface area (Å²) in [6.07, 6.45) is 3.67. The number of hydrogen-bond donors (Lipinski definition) is 1. The maximum Gasteiger partial charge on any atom is 0.207 e. The molecule has 0 saturated carbocycles. The first-order valence-corrected chi connectivity index (χ1v) is 5.75. The largest absolute Gasteiger partial charge is 0.497 e. The zero-order valence-electron chi connectivity index (χ0n) is 10.6. The Balaban J connectivity index is 2.19. The van der Waals surface area contributed by atoms with Crippen LogP contribution in [-0.4, -0.2) is 36.9 Å². The van der Waals surface area contributed by atoms with Gasteiger partial charge in [0, 0.05) is 32.1 Å². The monoisotopic (exact) mass is 247 g/mol. The topological polar surface area (TPSA) is 48.3 Å². The van der Waals surface area contributed by atoms with Crippen molar-refractivity contribution in [1.29, 1.82) is 0 Å². The van der Waals surface area contributed by atoms with Crippen LogP contribution in [0.15, 0.2) is 36.7 Å². The number of aromatic nitrogens is 2. The van der Waals surface area contributed by atoms with Crippen molar-refractivity contribution in [3.8, 4) is 11.4 Å². The maximum absolute atomic E-state index is 5.22. The van der Waals surface area contributed by atoms with Gasteiger partial charge in [0.05, 0.1) is 19.4 Å². The Morgan fingerprint density at radius 2 is 2.22 bits per heavy atom. The number of benzene rings is 1. The Morgan fingerprint density at radius 3 is 3.00 bits per heavy atom. The molecule has 0 atom stereocenters. The van der Waals surface area contributed by atoms with Crippen molar-refractivity contribution < 1.29 is 9.47 Å². The predicted molar refractivity (Wildman–Crippen MR) is 70.5 cm³/mol. The molecule has 0 radical (unpaired) electrons. The minimum atomic E-state index is 0.644. The van der Waals surface area contributed by atoms with E-state index >= 15 is 0 Å². The molecule has 1 heterocycles. The minimum Gasteiger partial charge on any atom is -0.497 e. The third kappa shape index (κ3) is 2.81. The normalized spacial score (nSPS) is 10.3. The molecule has 5 heteroatoms. The van der Waals surface area contributed by atoms with Crippen molar-refractivity contribution in [3.63, 3.8) is 0 Å². The molecule has 2 rings (SSSR count). The van der Waals surface area contributed by atoms with E-state index < -0.39 is 0 Å². The van der Waals surface area contributed by atoms with Crippen molar-refractivity contribution in [2.45, 2.75) is 0 Å². The van der Waals surface area contributed by atoms with Crippen LogP contribution in [0.25, 0.3) is 5.69 Å². The van der Waals surface area contributed by atoms with Gasteiger partial charge < -0.3 is 14.8 Å². The second-order valence-corrected chi connectivity index (χ2v) is 3.74. The molecule has 1 aromatic carbocycles. The lowest BCUT2D eigenvalue weighted by Gasteiger charge is -2.10. The van der Waals surface area contributed by atoms with Crippen LogP contribution in [0.1, 0.15) is 0 Å². The first-order valence-electron chi connectivity index (χ1n) is 5.75. The number of nitrogens with zero attached hydrogens (tertiary/aromatic N) is 2. The van der Waals surface area contributed by atoms with Gasteiger partial charge in [0.25, 0.3) is 0 Å². The molecular formula is C13H17N3O2. The first kappa shape index (κ1) is 12.4. The van der Waals surface area contributed by atoms with E-state index in [4.69, 9.17) is 9.47 Å². The zero-order chi connectivity index (χ0) is 12.8. The molecule has 0 spiro atoms. The Morgan fingerprint density at radius 1 is 1.33 bits per heavy atom. The van der Waals surface area contributed by atoms with Crippen molar-refractivity contribution in [2.75, 3.05) is 32.7 Å². The van der Waals surface area contributed by atoms with Crippen LogP contribution in [0.5, 0.6) is 5.75 Å². The van der Waals surface area contributed by atoms with E-state index in [2.05, 4.69) is 10.3 Å². The molecule has 96 valence electrons. The summed E-state index contributed by atoms with van der Waals surface area (Å²) >= 11 is 0. The molecule has 18 heavy (non-hydrogen) atoms. The lowest BCUT2D eigenvalue weighted by Crippen LogP contribution is -2.11. The third-order valence-corrected chi connectivity index (χ3v) is 2.56. The summed E-state index contributed by atoms with van der Waals surface area (Å²) < 4.78 is 12.2. The summed E-state index contributed by atoms with van der Waals surface area (Å²) in [5.74, 6) is 1.62. The highest BCUT2D eigenvalue weighted by Crippen LogP contribution is 2.19. The number of anilines is 1. The maximum atomic E-state index is 5.22. The van der Waals surface area contributed by atoms with Crippen LogP contribution in [0.2, 0.25) is 0 Å². The fourth-order valence-corrected chi connectivity index (χ4v) is 1.67. The van der Waals surface area contributed by atoms with Crippen LogP contribution in [-0.2, 0) is 4.74 Å². The highest BCUT2D eigenvalue weighted by atomic mass is 16.5. The summed E-state index contributed by atoms with van der Waals surface area (Å²) in [4.78, 5) is 4.28. The van der Waals surface area contributed by atoms with Gasteiger partial charge in [0.2, 0.25) is 5.95 Å². The Hall–Kier alpha value is -2.01. The molecule has 0 fully saturated rings. The van der Waals surface area contributed by atoms with Gasteiger partial charge in [-0.2, -0.15) is 0 Å². The number of nitrogens with one attached hydrogen (secondary N) is 1. The fourth-order valence-electron chi connectivity index (χ4n) is 1.67. The molecule has 0 aliphatic carbocycles. The summed E-state index contributed by atoms with van der Waals surface area (Å²) in [5, 5.41) is 3.22. The lowest BCUT2D eigenvalue weighted by atomic mass is 10.3. The van der Waals surface area contributed by atoms with Gasteiger partial charge in [-0.25, -0.2) is 4.98 Å². The fraction of sp³-hybridized carbons (Fsp3) is 0.308. The summed E-state index contributed by atoms with van der Waals surface area (Å²) in [7, 11) is 3.33. The average molecular weight is 247 g/mol. The van der Waals surface area contributed by atoms with Crippen molar-refractivity contribution in [1.82, 2.24) is 9.55 Å². The van der Waals surface area contributed by atoms with Gasteiger partial charge >= 0.3 is 0 Å². The van der Waals surface area contributed by atoms with E-state index in [1.807, 2.05) is 35.0 Å². The summed E-state index contributed by atoms with van der Waals surface area (Å²) in [6, 6.07) is 7.83. The van der Waals surface area contributed by atoms with Gasteiger partial charge in [0.15, 0.2) is 0 Å². The Kier molecular flexibility index (Phi) is 4.20. The molecule has 5 nitrogen and oxygen atoms in total. The Bertz CT molecular complexity index is 496. The molecule has 1 aromatic heterocycles. The highest BCUT2D eigenvalue weighted by molar-refractivity contribution is 5.45. The number of ether oxygens (including phenoxy) is 2. The molecule has 0 aliphatic rings. The molecule has 0 aliphatic heterocycles. The molecule has 0 amide bonds. The van der Waals surface area contributed by atoms with Crippen LogP contribution in [0, 0.1) is 0 Å². The highest BCUT2D eigenvalue weighted by Gasteiger charge is 2.04. The molecular weight excluding hydrogens is 230 g/mol. The van der Waals surface area contributed by atoms with Crippen LogP contribution >= 0.6 is 0 Å². The second-order valence-electron chi connectivity index (χ2n) is 3.74. The smallest absolute Gasteiger partial charge is 0.207 e. The van der Waals surface area contributed by atoms with Crippen molar-refractivity contribution >= 4 is 5.95 Å². The van der Waals surface area contributed by atoms with Gasteiger partial charge in [-0.1, -0.05) is 6.07 Å². The first-order chi connectivity index (χ1) is 8.85. The molecule has 1 N–H and O–H groups in total. The predicted octanol–water partition coefficient (Wildman–Crippen LogP) is 1.94. The number of hydrogen-bond acceptors (Lipinski definition) is 4. The lowest BCUT2D eigenvalue weighted by molar-refractivity contribution is 0.210. The van der Waals surface area contributed by atoms with E-state index in [0.29, 0.717) is 6.61 Å². The SMILES string of the molecule is COCCNc1nccn1-c1cccc(OC)c1. The zero-order valence-corrected chi connectivity index (χ0v) is 10.6. The van der Waals surface area contributed by atoms with Gasteiger partial charge in [-0.3, -0.25) is 4.57 Å². The van der Waals surface area contributed by atoms with E-state index in [0.717, 1.165) is 23.9 Å². The summed E-state index contributed by atoms with van der Waals surface area (Å²) in [5.41, 5.74) is 1.01. The molecule has 0 unspecified atom stereocenters. The third-order valence-electron chi connectivity index (χ3n) is 2.56. The standard InChI is InChI=1S/C13H17N3O2/c1-17-9-7-15-13-14-6-8-16(13)11-4-3-5-12(10-11)18-2/h3-6,8,10H,7,9H2,1-2H3,(H,14,15). The van der Waals surface area contributed by atoms with E-state index in [1.54, 1.807) is 20.4 Å². The van der Waals surface area contributed by atoms with Gasteiger partial charge in [-0.15, -0.1) is 0 Å². The quantitative estimate of drug-likeness (QED) is 0.792. The van der Waals surface area contributed by atoms with Crippen LogP contribution in [0.3, 0.4) is 0 Å². The summed E-state index contributed by atoms with van der Waals surface area (Å²) in [6.45, 7) is 1.36. The molecule has 0 bridgehead atoms. The second kappa shape index (κ2) is 6.07. The Labute approximate surface area is 106 Å². The van der Waals surface area contributed by atoms with Crippen LogP contribution in [0.4, 0.5) is 5.95 Å². The average Bonchev–Trinajstić information content (AvgIpc) is 2.87. The number of rotatable bonds is 6. The van der Waals surface area contributed by atoms with E-state index in [9.17, 15) is 0 Å². The van der Waals surface area contributed by atoms with E-state index in [1.165, 1.54) is 0 Å². The minimum absolute atomic E-state index is 0.644. The number of methoxy groups -OCH3 is 2. The molecule has 2 aromatic rings. The van der Waals surface area contributed by atoms with Gasteiger partial charge in [-0.05, 0) is 12.1 Å².